The molecule has 0 bridgehead atoms. The summed E-state index contributed by atoms with van der Waals surface area (Å²) in [5, 5.41) is 0.424. The third kappa shape index (κ3) is 2.48. The minimum absolute atomic E-state index is 0.0992. The molecule has 22 heavy (non-hydrogen) atoms. The molecular formula is C17H14O5. The van der Waals surface area contributed by atoms with Gasteiger partial charge in [-0.1, -0.05) is 12.1 Å². The van der Waals surface area contributed by atoms with Crippen LogP contribution in [0.3, 0.4) is 0 Å². The first-order chi connectivity index (χ1) is 10.7. The SMILES string of the molecule is COc1ccc2c(=O)c(Oc3ccccc3OC)coc2c1. The smallest absolute Gasteiger partial charge is 0.235 e. The molecule has 1 aromatic heterocycles. The quantitative estimate of drug-likeness (QED) is 0.736. The molecule has 0 unspecified atom stereocenters. The van der Waals surface area contributed by atoms with Crippen LogP contribution in [0.2, 0.25) is 0 Å². The van der Waals surface area contributed by atoms with Crippen molar-refractivity contribution in [2.24, 2.45) is 0 Å². The molecule has 0 aliphatic heterocycles. The molecule has 0 aliphatic carbocycles. The fourth-order valence-corrected chi connectivity index (χ4v) is 2.11. The standard InChI is InChI=1S/C17H14O5/c1-19-11-7-8-12-15(9-11)21-10-16(17(12)18)22-14-6-4-3-5-13(14)20-2/h3-10H,1-2H3. The number of ether oxygens (including phenoxy) is 3. The summed E-state index contributed by atoms with van der Waals surface area (Å²) in [5.41, 5.74) is 0.187. The second-order valence-electron chi connectivity index (χ2n) is 4.54. The monoisotopic (exact) mass is 298 g/mol. The van der Waals surface area contributed by atoms with Crippen LogP contribution in [-0.2, 0) is 0 Å². The normalized spacial score (nSPS) is 10.5. The van der Waals surface area contributed by atoms with E-state index >= 15 is 0 Å². The highest BCUT2D eigenvalue weighted by Crippen LogP contribution is 2.30. The Balaban J connectivity index is 2.05. The Kier molecular flexibility index (Phi) is 3.70. The van der Waals surface area contributed by atoms with Gasteiger partial charge in [-0.3, -0.25) is 4.79 Å². The number of methoxy groups -OCH3 is 2. The van der Waals surface area contributed by atoms with Gasteiger partial charge in [0.25, 0.3) is 0 Å². The zero-order valence-electron chi connectivity index (χ0n) is 12.2. The molecule has 0 atom stereocenters. The molecule has 5 heteroatoms. The summed E-state index contributed by atoms with van der Waals surface area (Å²) in [6.07, 6.45) is 1.29. The molecule has 0 radical (unpaired) electrons. The van der Waals surface area contributed by atoms with Crippen molar-refractivity contribution in [2.45, 2.75) is 0 Å². The van der Waals surface area contributed by atoms with Gasteiger partial charge in [-0.15, -0.1) is 0 Å². The van der Waals surface area contributed by atoms with Crippen LogP contribution in [0.5, 0.6) is 23.0 Å². The topological polar surface area (TPSA) is 57.9 Å². The third-order valence-electron chi connectivity index (χ3n) is 3.24. The number of hydrogen-bond donors (Lipinski definition) is 0. The molecule has 1 heterocycles. The molecule has 112 valence electrons. The van der Waals surface area contributed by atoms with Crippen LogP contribution in [0.4, 0.5) is 0 Å². The highest BCUT2D eigenvalue weighted by Gasteiger charge is 2.12. The van der Waals surface area contributed by atoms with E-state index in [1.165, 1.54) is 13.4 Å². The lowest BCUT2D eigenvalue weighted by atomic mass is 10.2. The minimum Gasteiger partial charge on any atom is -0.497 e. The molecule has 0 saturated carbocycles. The molecule has 2 aromatic carbocycles. The lowest BCUT2D eigenvalue weighted by molar-refractivity contribution is 0.373. The van der Waals surface area contributed by atoms with Crippen LogP contribution in [0.15, 0.2) is 57.9 Å². The summed E-state index contributed by atoms with van der Waals surface area (Å²) in [5.74, 6) is 1.71. The van der Waals surface area contributed by atoms with Gasteiger partial charge in [0.1, 0.15) is 17.6 Å². The van der Waals surface area contributed by atoms with Crippen LogP contribution >= 0.6 is 0 Å². The molecular weight excluding hydrogens is 284 g/mol. The Morgan fingerprint density at radius 1 is 0.909 bits per heavy atom. The van der Waals surface area contributed by atoms with Gasteiger partial charge in [0, 0.05) is 6.07 Å². The summed E-state index contributed by atoms with van der Waals surface area (Å²) in [6, 6.07) is 12.1. The van der Waals surface area contributed by atoms with E-state index in [9.17, 15) is 4.79 Å². The summed E-state index contributed by atoms with van der Waals surface area (Å²) in [7, 11) is 3.09. The summed E-state index contributed by atoms with van der Waals surface area (Å²) in [4.78, 5) is 12.5. The average Bonchev–Trinajstić information content (AvgIpc) is 2.57. The van der Waals surface area contributed by atoms with Crippen LogP contribution in [0.1, 0.15) is 0 Å². The number of hydrogen-bond acceptors (Lipinski definition) is 5. The zero-order valence-corrected chi connectivity index (χ0v) is 12.2. The summed E-state index contributed by atoms with van der Waals surface area (Å²) < 4.78 is 21.4. The zero-order chi connectivity index (χ0) is 15.5. The molecule has 0 N–H and O–H groups in total. The van der Waals surface area contributed by atoms with Gasteiger partial charge >= 0.3 is 0 Å². The van der Waals surface area contributed by atoms with E-state index in [0.29, 0.717) is 28.2 Å². The van der Waals surface area contributed by atoms with Crippen molar-refractivity contribution >= 4 is 11.0 Å². The second kappa shape index (κ2) is 5.81. The van der Waals surface area contributed by atoms with Crippen LogP contribution in [0, 0.1) is 0 Å². The first kappa shape index (κ1) is 14.0. The molecule has 3 aromatic rings. The lowest BCUT2D eigenvalue weighted by Crippen LogP contribution is -2.05. The lowest BCUT2D eigenvalue weighted by Gasteiger charge is -2.09. The van der Waals surface area contributed by atoms with Gasteiger partial charge in [-0.25, -0.2) is 0 Å². The number of benzene rings is 2. The molecule has 0 fully saturated rings. The van der Waals surface area contributed by atoms with Crippen LogP contribution in [-0.4, -0.2) is 14.2 Å². The first-order valence-corrected chi connectivity index (χ1v) is 6.63. The highest BCUT2D eigenvalue weighted by molar-refractivity contribution is 5.79. The summed E-state index contributed by atoms with van der Waals surface area (Å²) in [6.45, 7) is 0. The van der Waals surface area contributed by atoms with E-state index in [2.05, 4.69) is 0 Å². The fourth-order valence-electron chi connectivity index (χ4n) is 2.11. The average molecular weight is 298 g/mol. The molecule has 0 amide bonds. The van der Waals surface area contributed by atoms with Gasteiger partial charge < -0.3 is 18.6 Å². The van der Waals surface area contributed by atoms with E-state index in [0.717, 1.165) is 0 Å². The summed E-state index contributed by atoms with van der Waals surface area (Å²) >= 11 is 0. The molecule has 3 rings (SSSR count). The maximum absolute atomic E-state index is 12.5. The number of fused-ring (bicyclic) bond motifs is 1. The fraction of sp³-hybridized carbons (Fsp3) is 0.118. The van der Waals surface area contributed by atoms with Crippen LogP contribution < -0.4 is 19.6 Å². The predicted molar refractivity (Wildman–Crippen MR) is 82.1 cm³/mol. The third-order valence-corrected chi connectivity index (χ3v) is 3.24. The van der Waals surface area contributed by atoms with E-state index in [1.807, 2.05) is 6.07 Å². The Morgan fingerprint density at radius 3 is 2.41 bits per heavy atom. The van der Waals surface area contributed by atoms with Crippen molar-refractivity contribution in [2.75, 3.05) is 14.2 Å². The van der Waals surface area contributed by atoms with E-state index in [-0.39, 0.29) is 11.2 Å². The maximum atomic E-state index is 12.5. The Morgan fingerprint density at radius 2 is 1.68 bits per heavy atom. The van der Waals surface area contributed by atoms with E-state index in [1.54, 1.807) is 43.5 Å². The van der Waals surface area contributed by atoms with Crippen molar-refractivity contribution in [3.63, 3.8) is 0 Å². The van der Waals surface area contributed by atoms with Crippen LogP contribution in [0.25, 0.3) is 11.0 Å². The van der Waals surface area contributed by atoms with Crippen molar-refractivity contribution in [3.05, 3.63) is 59.0 Å². The number of rotatable bonds is 4. The minimum atomic E-state index is -0.255. The van der Waals surface area contributed by atoms with Gasteiger partial charge in [0.15, 0.2) is 11.5 Å². The van der Waals surface area contributed by atoms with Gasteiger partial charge in [0.2, 0.25) is 11.2 Å². The van der Waals surface area contributed by atoms with Gasteiger partial charge in [0.05, 0.1) is 19.6 Å². The second-order valence-corrected chi connectivity index (χ2v) is 4.54. The molecule has 0 aliphatic rings. The van der Waals surface area contributed by atoms with Gasteiger partial charge in [-0.05, 0) is 24.3 Å². The predicted octanol–water partition coefficient (Wildman–Crippen LogP) is 3.60. The Hall–Kier alpha value is -2.95. The molecule has 0 spiro atoms. The molecule has 5 nitrogen and oxygen atoms in total. The molecule has 0 saturated heterocycles. The highest BCUT2D eigenvalue weighted by atomic mass is 16.5. The van der Waals surface area contributed by atoms with E-state index in [4.69, 9.17) is 18.6 Å². The van der Waals surface area contributed by atoms with Gasteiger partial charge in [-0.2, -0.15) is 0 Å². The first-order valence-electron chi connectivity index (χ1n) is 6.63. The van der Waals surface area contributed by atoms with Crippen molar-refractivity contribution in [1.29, 1.82) is 0 Å². The largest absolute Gasteiger partial charge is 0.497 e. The van der Waals surface area contributed by atoms with E-state index < -0.39 is 0 Å². The Bertz CT molecular complexity index is 866. The Labute approximate surface area is 126 Å². The van der Waals surface area contributed by atoms with Crippen molar-refractivity contribution in [1.82, 2.24) is 0 Å². The maximum Gasteiger partial charge on any atom is 0.235 e. The van der Waals surface area contributed by atoms with Crippen molar-refractivity contribution < 1.29 is 18.6 Å². The van der Waals surface area contributed by atoms with Crippen molar-refractivity contribution in [3.8, 4) is 23.0 Å². The number of para-hydroxylation sites is 2.